The molecule has 0 radical (unpaired) electrons. The molecule has 0 saturated carbocycles. The van der Waals surface area contributed by atoms with Gasteiger partial charge in [-0.25, -0.2) is 4.79 Å². The van der Waals surface area contributed by atoms with Crippen LogP contribution in [-0.4, -0.2) is 80.6 Å². The number of quaternary nitrogens is 1. The van der Waals surface area contributed by atoms with Crippen LogP contribution in [0.1, 0.15) is 162 Å². The molecular formula is C48H82NO7+. The van der Waals surface area contributed by atoms with Crippen molar-refractivity contribution in [3.8, 4) is 0 Å². The lowest BCUT2D eigenvalue weighted by Crippen LogP contribution is -2.50. The molecule has 0 aliphatic rings. The third-order valence-electron chi connectivity index (χ3n) is 9.35. The zero-order valence-electron chi connectivity index (χ0n) is 36.3. The fourth-order valence-corrected chi connectivity index (χ4v) is 6.00. The largest absolute Gasteiger partial charge is 0.477 e. The molecule has 0 saturated heterocycles. The molecule has 0 spiro atoms. The molecule has 0 aliphatic carbocycles. The Hall–Kier alpha value is -3.23. The predicted molar refractivity (Wildman–Crippen MR) is 233 cm³/mol. The van der Waals surface area contributed by atoms with Crippen molar-refractivity contribution in [1.29, 1.82) is 0 Å². The van der Waals surface area contributed by atoms with Gasteiger partial charge in [0.25, 0.3) is 0 Å². The molecule has 0 bridgehead atoms. The second-order valence-electron chi connectivity index (χ2n) is 15.5. The van der Waals surface area contributed by atoms with E-state index in [0.29, 0.717) is 19.3 Å². The molecule has 0 heterocycles. The number of carbonyl (C=O) groups excluding carboxylic acids is 2. The number of rotatable bonds is 38. The number of allylic oxidation sites excluding steroid dienone is 12. The summed E-state index contributed by atoms with van der Waals surface area (Å²) >= 11 is 0. The quantitative estimate of drug-likeness (QED) is 0.0288. The van der Waals surface area contributed by atoms with Gasteiger partial charge in [0.05, 0.1) is 34.4 Å². The number of esters is 2. The van der Waals surface area contributed by atoms with E-state index >= 15 is 0 Å². The summed E-state index contributed by atoms with van der Waals surface area (Å²) in [5.74, 6) is -1.53. The van der Waals surface area contributed by atoms with Gasteiger partial charge in [0.2, 0.25) is 0 Å². The fourth-order valence-electron chi connectivity index (χ4n) is 6.00. The van der Waals surface area contributed by atoms with Crippen LogP contribution in [0.4, 0.5) is 0 Å². The van der Waals surface area contributed by atoms with E-state index in [2.05, 4.69) is 86.8 Å². The van der Waals surface area contributed by atoms with Crippen LogP contribution in [0.2, 0.25) is 0 Å². The van der Waals surface area contributed by atoms with Crippen molar-refractivity contribution in [2.75, 3.05) is 41.0 Å². The van der Waals surface area contributed by atoms with Gasteiger partial charge in [-0.2, -0.15) is 0 Å². The number of nitrogens with zero attached hydrogens (tertiary/aromatic N) is 1. The Morgan fingerprint density at radius 2 is 0.946 bits per heavy atom. The van der Waals surface area contributed by atoms with Gasteiger partial charge < -0.3 is 23.8 Å². The minimum absolute atomic E-state index is 0.0440. The molecule has 2 unspecified atom stereocenters. The minimum Gasteiger partial charge on any atom is -0.477 e. The van der Waals surface area contributed by atoms with Crippen molar-refractivity contribution in [2.45, 2.75) is 174 Å². The lowest BCUT2D eigenvalue weighted by molar-refractivity contribution is -0.887. The summed E-state index contributed by atoms with van der Waals surface area (Å²) in [5.41, 5.74) is 0. The van der Waals surface area contributed by atoms with Crippen LogP contribution in [0.25, 0.3) is 0 Å². The smallest absolute Gasteiger partial charge is 0.362 e. The SMILES string of the molecule is CC/C=C/C/C=C/C/C=C/CCCCCCCCCCCCC(=O)OC(COCCC(C(=O)O)[N+](C)(C)C)COC(=O)CCCC/C=C/C/C=C/C/C=C/CC. The number of carboxylic acid groups (broad SMARTS) is 1. The van der Waals surface area contributed by atoms with Crippen molar-refractivity contribution in [1.82, 2.24) is 0 Å². The van der Waals surface area contributed by atoms with Crippen molar-refractivity contribution >= 4 is 17.9 Å². The van der Waals surface area contributed by atoms with Crippen LogP contribution in [0.5, 0.6) is 0 Å². The van der Waals surface area contributed by atoms with E-state index in [1.807, 2.05) is 21.1 Å². The topological polar surface area (TPSA) is 99.1 Å². The first kappa shape index (κ1) is 52.8. The Kier molecular flexibility index (Phi) is 36.4. The van der Waals surface area contributed by atoms with Gasteiger partial charge in [0, 0.05) is 19.3 Å². The Morgan fingerprint density at radius 3 is 1.43 bits per heavy atom. The number of likely N-dealkylation sites (N-methyl/N-ethyl adjacent to an activating group) is 1. The Bertz CT molecular complexity index is 1140. The number of ether oxygens (including phenoxy) is 3. The molecule has 0 aromatic carbocycles. The summed E-state index contributed by atoms with van der Waals surface area (Å²) in [4.78, 5) is 36.9. The van der Waals surface area contributed by atoms with E-state index in [4.69, 9.17) is 14.2 Å². The highest BCUT2D eigenvalue weighted by Crippen LogP contribution is 2.14. The average Bonchev–Trinajstić information content (AvgIpc) is 3.15. The van der Waals surface area contributed by atoms with E-state index in [0.717, 1.165) is 77.0 Å². The highest BCUT2D eigenvalue weighted by atomic mass is 16.6. The van der Waals surface area contributed by atoms with Crippen molar-refractivity contribution in [3.05, 3.63) is 72.9 Å². The molecule has 0 aromatic heterocycles. The lowest BCUT2D eigenvalue weighted by Gasteiger charge is -2.31. The van der Waals surface area contributed by atoms with Gasteiger partial charge in [-0.3, -0.25) is 9.59 Å². The van der Waals surface area contributed by atoms with Gasteiger partial charge in [-0.05, 0) is 77.0 Å². The molecule has 0 rings (SSSR count). The Morgan fingerprint density at radius 1 is 0.536 bits per heavy atom. The average molecular weight is 785 g/mol. The number of unbranched alkanes of at least 4 members (excludes halogenated alkanes) is 12. The molecular weight excluding hydrogens is 703 g/mol. The molecule has 0 aliphatic heterocycles. The second kappa shape index (κ2) is 38.6. The summed E-state index contributed by atoms with van der Waals surface area (Å²) in [6.45, 7) is 4.45. The molecule has 0 aromatic rings. The van der Waals surface area contributed by atoms with Gasteiger partial charge in [-0.15, -0.1) is 0 Å². The summed E-state index contributed by atoms with van der Waals surface area (Å²) in [6, 6.07) is -0.623. The first-order valence-corrected chi connectivity index (χ1v) is 22.0. The Labute approximate surface area is 342 Å². The first-order chi connectivity index (χ1) is 27.1. The molecule has 8 heteroatoms. The van der Waals surface area contributed by atoms with Crippen LogP contribution in [0, 0.1) is 0 Å². The third kappa shape index (κ3) is 36.4. The number of hydrogen-bond donors (Lipinski definition) is 1. The lowest BCUT2D eigenvalue weighted by atomic mass is 10.0. The van der Waals surface area contributed by atoms with Crippen LogP contribution in [-0.2, 0) is 28.6 Å². The summed E-state index contributed by atoms with van der Waals surface area (Å²) in [5, 5.41) is 9.61. The van der Waals surface area contributed by atoms with E-state index < -0.39 is 18.1 Å². The van der Waals surface area contributed by atoms with Crippen molar-refractivity contribution < 1.29 is 38.2 Å². The highest BCUT2D eigenvalue weighted by molar-refractivity contribution is 5.72. The number of carboxylic acids is 1. The third-order valence-corrected chi connectivity index (χ3v) is 9.35. The zero-order chi connectivity index (χ0) is 41.4. The molecule has 8 nitrogen and oxygen atoms in total. The molecule has 0 amide bonds. The van der Waals surface area contributed by atoms with Crippen molar-refractivity contribution in [2.24, 2.45) is 0 Å². The molecule has 56 heavy (non-hydrogen) atoms. The monoisotopic (exact) mass is 785 g/mol. The van der Waals surface area contributed by atoms with Crippen LogP contribution in [0.15, 0.2) is 72.9 Å². The maximum absolute atomic E-state index is 12.7. The number of aliphatic carboxylic acids is 1. The fraction of sp³-hybridized carbons (Fsp3) is 0.688. The van der Waals surface area contributed by atoms with E-state index in [1.54, 1.807) is 0 Å². The van der Waals surface area contributed by atoms with Gasteiger partial charge in [0.1, 0.15) is 6.61 Å². The zero-order valence-corrected chi connectivity index (χ0v) is 36.3. The highest BCUT2D eigenvalue weighted by Gasteiger charge is 2.31. The maximum Gasteiger partial charge on any atom is 0.362 e. The van der Waals surface area contributed by atoms with Crippen LogP contribution < -0.4 is 0 Å². The summed E-state index contributed by atoms with van der Waals surface area (Å²) < 4.78 is 17.2. The number of carbonyl (C=O) groups is 3. The number of hydrogen-bond acceptors (Lipinski definition) is 6. The van der Waals surface area contributed by atoms with Gasteiger partial charge in [0.15, 0.2) is 12.1 Å². The van der Waals surface area contributed by atoms with Crippen LogP contribution >= 0.6 is 0 Å². The summed E-state index contributed by atoms with van der Waals surface area (Å²) in [6.07, 6.45) is 48.1. The molecule has 320 valence electrons. The van der Waals surface area contributed by atoms with Gasteiger partial charge >= 0.3 is 17.9 Å². The van der Waals surface area contributed by atoms with E-state index in [1.165, 1.54) is 51.4 Å². The molecule has 0 fully saturated rings. The van der Waals surface area contributed by atoms with Gasteiger partial charge in [-0.1, -0.05) is 138 Å². The van der Waals surface area contributed by atoms with Crippen LogP contribution in [0.3, 0.4) is 0 Å². The maximum atomic E-state index is 12.7. The predicted octanol–water partition coefficient (Wildman–Crippen LogP) is 12.0. The van der Waals surface area contributed by atoms with E-state index in [-0.39, 0.29) is 36.2 Å². The van der Waals surface area contributed by atoms with E-state index in [9.17, 15) is 19.5 Å². The summed E-state index contributed by atoms with van der Waals surface area (Å²) in [7, 11) is 5.50. The molecule has 1 N–H and O–H groups in total. The molecule has 2 atom stereocenters. The minimum atomic E-state index is -0.884. The second-order valence-corrected chi connectivity index (χ2v) is 15.5. The van der Waals surface area contributed by atoms with Crippen molar-refractivity contribution in [3.63, 3.8) is 0 Å². The Balaban J connectivity index is 4.35. The normalized spacial score (nSPS) is 13.7. The first-order valence-electron chi connectivity index (χ1n) is 22.0. The standard InChI is InChI=1S/C48H81NO7/c1-6-8-10-12-14-16-18-20-21-22-23-24-25-26-27-29-31-33-35-37-39-47(51)56-44(42-54-41-40-45(48(52)53)49(3,4)5)43-55-46(50)38-36-34-32-30-28-19-17-15-13-11-9-7-2/h8-11,14-17,20-21,28,30,44-45H,6-7,12-13,18-19,22-27,29,31-43H2,1-5H3/p+1/b10-8+,11-9+,16-14+,17-15+,21-20+,30-28+.